The lowest BCUT2D eigenvalue weighted by atomic mass is 10.2. The number of imidazole rings is 1. The molecular formula is C14H16N2O3. The van der Waals surface area contributed by atoms with E-state index in [2.05, 4.69) is 4.98 Å². The van der Waals surface area contributed by atoms with Crippen LogP contribution >= 0.6 is 0 Å². The number of ketones is 1. The first-order valence-electron chi connectivity index (χ1n) is 6.07. The van der Waals surface area contributed by atoms with E-state index >= 15 is 0 Å². The second-order valence-corrected chi connectivity index (χ2v) is 4.19. The lowest BCUT2D eigenvalue weighted by molar-refractivity contribution is 0.0965. The highest BCUT2D eigenvalue weighted by Gasteiger charge is 2.18. The molecule has 0 radical (unpaired) electrons. The Balaban J connectivity index is 2.42. The average Bonchev–Trinajstić information content (AvgIpc) is 2.66. The number of hydrogen-bond acceptors (Lipinski definition) is 4. The average molecular weight is 260 g/mol. The van der Waals surface area contributed by atoms with Gasteiger partial charge in [0.25, 0.3) is 0 Å². The van der Waals surface area contributed by atoms with Crippen molar-refractivity contribution in [2.75, 3.05) is 6.61 Å². The third-order valence-electron chi connectivity index (χ3n) is 2.79. The largest absolute Gasteiger partial charge is 0.494 e. The van der Waals surface area contributed by atoms with Gasteiger partial charge in [-0.1, -0.05) is 0 Å². The molecule has 2 aromatic rings. The molecule has 1 heterocycles. The van der Waals surface area contributed by atoms with Gasteiger partial charge >= 0.3 is 0 Å². The molecule has 0 fully saturated rings. The third-order valence-corrected chi connectivity index (χ3v) is 2.79. The maximum absolute atomic E-state index is 11.4. The summed E-state index contributed by atoms with van der Waals surface area (Å²) in [6, 6.07) is 7.19. The second-order valence-electron chi connectivity index (χ2n) is 4.19. The number of nitrogens with zero attached hydrogens (tertiary/aromatic N) is 2. The summed E-state index contributed by atoms with van der Waals surface area (Å²) in [6.45, 7) is 5.61. The molecule has 0 aliphatic rings. The summed E-state index contributed by atoms with van der Waals surface area (Å²) in [5.74, 6) is 0.890. The zero-order valence-electron chi connectivity index (χ0n) is 11.2. The first-order chi connectivity index (χ1) is 9.04. The second kappa shape index (κ2) is 5.14. The molecule has 0 bridgehead atoms. The Morgan fingerprint density at radius 3 is 2.47 bits per heavy atom. The molecule has 100 valence electrons. The van der Waals surface area contributed by atoms with Gasteiger partial charge < -0.3 is 9.94 Å². The van der Waals surface area contributed by atoms with Crippen molar-refractivity contribution in [1.82, 2.24) is 9.71 Å². The highest BCUT2D eigenvalue weighted by atomic mass is 16.5. The molecule has 0 unspecified atom stereocenters. The molecule has 5 heteroatoms. The highest BCUT2D eigenvalue weighted by molar-refractivity contribution is 5.94. The van der Waals surface area contributed by atoms with Crippen molar-refractivity contribution in [1.29, 1.82) is 0 Å². The predicted molar refractivity (Wildman–Crippen MR) is 70.8 cm³/mol. The molecule has 0 spiro atoms. The maximum Gasteiger partial charge on any atom is 0.181 e. The Morgan fingerprint density at radius 1 is 1.37 bits per heavy atom. The molecule has 0 atom stereocenters. The van der Waals surface area contributed by atoms with Crippen LogP contribution in [0.15, 0.2) is 24.3 Å². The third kappa shape index (κ3) is 2.45. The zero-order valence-corrected chi connectivity index (χ0v) is 11.2. The number of aryl methyl sites for hydroxylation is 1. The number of benzene rings is 1. The van der Waals surface area contributed by atoms with Crippen LogP contribution in [0.5, 0.6) is 5.75 Å². The van der Waals surface area contributed by atoms with Crippen LogP contribution in [-0.2, 0) is 0 Å². The van der Waals surface area contributed by atoms with Crippen LogP contribution < -0.4 is 4.74 Å². The normalized spacial score (nSPS) is 10.5. The van der Waals surface area contributed by atoms with Crippen molar-refractivity contribution < 1.29 is 14.7 Å². The molecule has 1 aromatic carbocycles. The SMILES string of the molecule is CCOc1ccc(-c2nc(C)c(C(C)=O)n2O)cc1. The maximum atomic E-state index is 11.4. The van der Waals surface area contributed by atoms with Gasteiger partial charge in [-0.3, -0.25) is 4.79 Å². The van der Waals surface area contributed by atoms with Gasteiger partial charge in [0.1, 0.15) is 11.4 Å². The first-order valence-corrected chi connectivity index (χ1v) is 6.07. The van der Waals surface area contributed by atoms with Crippen molar-refractivity contribution in [3.63, 3.8) is 0 Å². The molecule has 0 saturated carbocycles. The molecule has 0 amide bonds. The van der Waals surface area contributed by atoms with Gasteiger partial charge in [-0.05, 0) is 38.1 Å². The van der Waals surface area contributed by atoms with Crippen LogP contribution in [0.3, 0.4) is 0 Å². The van der Waals surface area contributed by atoms with E-state index in [0.717, 1.165) is 16.0 Å². The van der Waals surface area contributed by atoms with Crippen molar-refractivity contribution in [3.05, 3.63) is 35.7 Å². The Kier molecular flexibility index (Phi) is 3.55. The van der Waals surface area contributed by atoms with E-state index in [9.17, 15) is 10.0 Å². The number of rotatable bonds is 4. The number of ether oxygens (including phenoxy) is 1. The van der Waals surface area contributed by atoms with E-state index in [0.29, 0.717) is 18.1 Å². The smallest absolute Gasteiger partial charge is 0.181 e. The number of Topliss-reactive ketones (excluding diaryl/α,β-unsaturated/α-hetero) is 1. The van der Waals surface area contributed by atoms with Crippen LogP contribution in [-0.4, -0.2) is 27.3 Å². The Labute approximate surface area is 111 Å². The molecule has 5 nitrogen and oxygen atoms in total. The number of aromatic nitrogens is 2. The van der Waals surface area contributed by atoms with Crippen molar-refractivity contribution in [2.45, 2.75) is 20.8 Å². The number of carbonyl (C=O) groups excluding carboxylic acids is 1. The fourth-order valence-electron chi connectivity index (χ4n) is 1.98. The molecule has 0 aliphatic heterocycles. The number of carbonyl (C=O) groups is 1. The molecule has 19 heavy (non-hydrogen) atoms. The van der Waals surface area contributed by atoms with E-state index < -0.39 is 0 Å². The van der Waals surface area contributed by atoms with Gasteiger partial charge in [-0.25, -0.2) is 4.98 Å². The molecule has 0 saturated heterocycles. The minimum Gasteiger partial charge on any atom is -0.494 e. The van der Waals surface area contributed by atoms with Crippen LogP contribution in [0.1, 0.15) is 30.0 Å². The van der Waals surface area contributed by atoms with Crippen LogP contribution in [0.2, 0.25) is 0 Å². The van der Waals surface area contributed by atoms with Crippen LogP contribution in [0.25, 0.3) is 11.4 Å². The predicted octanol–water partition coefficient (Wildman–Crippen LogP) is 2.70. The van der Waals surface area contributed by atoms with Crippen LogP contribution in [0.4, 0.5) is 0 Å². The van der Waals surface area contributed by atoms with Gasteiger partial charge in [0.2, 0.25) is 0 Å². The fourth-order valence-corrected chi connectivity index (χ4v) is 1.98. The summed E-state index contributed by atoms with van der Waals surface area (Å²) in [5, 5.41) is 10.0. The highest BCUT2D eigenvalue weighted by Crippen LogP contribution is 2.23. The van der Waals surface area contributed by atoms with E-state index in [4.69, 9.17) is 4.74 Å². The minimum absolute atomic E-state index is 0.212. The summed E-state index contributed by atoms with van der Waals surface area (Å²) in [4.78, 5) is 15.7. The molecule has 1 aromatic heterocycles. The van der Waals surface area contributed by atoms with E-state index in [1.807, 2.05) is 6.92 Å². The summed E-state index contributed by atoms with van der Waals surface area (Å²) >= 11 is 0. The Bertz CT molecular complexity index is 600. The van der Waals surface area contributed by atoms with Crippen molar-refractivity contribution in [2.24, 2.45) is 0 Å². The monoisotopic (exact) mass is 260 g/mol. The summed E-state index contributed by atoms with van der Waals surface area (Å²) in [5.41, 5.74) is 1.45. The van der Waals surface area contributed by atoms with Gasteiger partial charge in [-0.15, -0.1) is 0 Å². The van der Waals surface area contributed by atoms with Crippen molar-refractivity contribution >= 4 is 5.78 Å². The minimum atomic E-state index is -0.218. The summed E-state index contributed by atoms with van der Waals surface area (Å²) in [6.07, 6.45) is 0. The van der Waals surface area contributed by atoms with Gasteiger partial charge in [0, 0.05) is 12.5 Å². The Morgan fingerprint density at radius 2 is 2.00 bits per heavy atom. The summed E-state index contributed by atoms with van der Waals surface area (Å²) < 4.78 is 6.19. The molecular weight excluding hydrogens is 244 g/mol. The summed E-state index contributed by atoms with van der Waals surface area (Å²) in [7, 11) is 0. The van der Waals surface area contributed by atoms with Crippen molar-refractivity contribution in [3.8, 4) is 17.1 Å². The Hall–Kier alpha value is -2.30. The molecule has 1 N–H and O–H groups in total. The van der Waals surface area contributed by atoms with Gasteiger partial charge in [-0.2, -0.15) is 4.73 Å². The lowest BCUT2D eigenvalue weighted by Crippen LogP contribution is -2.05. The van der Waals surface area contributed by atoms with Gasteiger partial charge in [0.15, 0.2) is 11.6 Å². The topological polar surface area (TPSA) is 64.3 Å². The lowest BCUT2D eigenvalue weighted by Gasteiger charge is -2.05. The zero-order chi connectivity index (χ0) is 14.0. The van der Waals surface area contributed by atoms with Gasteiger partial charge in [0.05, 0.1) is 12.3 Å². The molecule has 0 aliphatic carbocycles. The van der Waals surface area contributed by atoms with E-state index in [1.165, 1.54) is 6.92 Å². The standard InChI is InChI=1S/C14H16N2O3/c1-4-19-12-7-5-11(6-8-12)14-15-9(2)13(10(3)17)16(14)18/h5-8,18H,4H2,1-3H3. The van der Waals surface area contributed by atoms with E-state index in [1.54, 1.807) is 31.2 Å². The first kappa shape index (κ1) is 13.1. The quantitative estimate of drug-likeness (QED) is 0.678. The number of hydrogen-bond donors (Lipinski definition) is 1. The van der Waals surface area contributed by atoms with E-state index in [-0.39, 0.29) is 11.5 Å². The van der Waals surface area contributed by atoms with Crippen LogP contribution in [0, 0.1) is 6.92 Å². The fraction of sp³-hybridized carbons (Fsp3) is 0.286. The molecule has 2 rings (SSSR count).